The summed E-state index contributed by atoms with van der Waals surface area (Å²) in [5, 5.41) is 0. The number of pyridine rings is 1. The number of sulfonamides is 1. The summed E-state index contributed by atoms with van der Waals surface area (Å²) in [5.41, 5.74) is 0.287. The van der Waals surface area contributed by atoms with E-state index in [0.29, 0.717) is 21.0 Å². The lowest BCUT2D eigenvalue weighted by atomic mass is 10.2. The Labute approximate surface area is 217 Å². The molecule has 0 saturated carbocycles. The minimum atomic E-state index is -4.64. The van der Waals surface area contributed by atoms with Gasteiger partial charge in [0.15, 0.2) is 0 Å². The number of hydrogen-bond acceptors (Lipinski definition) is 6. The maximum atomic E-state index is 14.2. The van der Waals surface area contributed by atoms with Crippen LogP contribution in [0.4, 0.5) is 5.69 Å². The molecule has 194 valence electrons. The number of hydrogen-bond donors (Lipinski definition) is 0. The van der Waals surface area contributed by atoms with Gasteiger partial charge in [-0.3, -0.25) is 28.4 Å². The number of imidazole rings is 1. The van der Waals surface area contributed by atoms with Gasteiger partial charge in [0.1, 0.15) is 5.69 Å². The van der Waals surface area contributed by atoms with E-state index in [1.165, 1.54) is 68.3 Å². The average molecular weight is 533 g/mol. The second-order valence-electron chi connectivity index (χ2n) is 8.78. The average Bonchev–Trinajstić information content (AvgIpc) is 3.28. The van der Waals surface area contributed by atoms with Gasteiger partial charge in [-0.15, -0.1) is 0 Å². The molecule has 11 nitrogen and oxygen atoms in total. The minimum Gasteiger partial charge on any atom is -0.295 e. The first kappa shape index (κ1) is 25.0. The molecular formula is C26H24N6O5S. The number of nitrogens with zero attached hydrogens (tertiary/aromatic N) is 6. The van der Waals surface area contributed by atoms with Crippen molar-refractivity contribution in [2.75, 3.05) is 4.31 Å². The highest BCUT2D eigenvalue weighted by Gasteiger charge is 2.37. The smallest absolute Gasteiger partial charge is 0.295 e. The van der Waals surface area contributed by atoms with Crippen molar-refractivity contribution < 1.29 is 13.2 Å². The minimum absolute atomic E-state index is 0.0156. The number of para-hydroxylation sites is 1. The van der Waals surface area contributed by atoms with Crippen molar-refractivity contribution in [2.24, 2.45) is 21.1 Å². The van der Waals surface area contributed by atoms with E-state index in [1.807, 2.05) is 0 Å². The van der Waals surface area contributed by atoms with Crippen LogP contribution in [0.3, 0.4) is 0 Å². The fourth-order valence-corrected chi connectivity index (χ4v) is 5.96. The van der Waals surface area contributed by atoms with Crippen molar-refractivity contribution in [1.82, 2.24) is 23.5 Å². The Bertz CT molecular complexity index is 1930. The second kappa shape index (κ2) is 8.99. The largest absolute Gasteiger partial charge is 0.328 e. The first-order chi connectivity index (χ1) is 18.1. The number of aryl methyl sites for hydroxylation is 2. The number of carbonyl (C=O) groups excluding carboxylic acids is 1. The third-order valence-electron chi connectivity index (χ3n) is 6.60. The van der Waals surface area contributed by atoms with Crippen LogP contribution < -0.4 is 15.6 Å². The molecule has 0 radical (unpaired) electrons. The Kier molecular flexibility index (Phi) is 5.91. The van der Waals surface area contributed by atoms with Gasteiger partial charge in [-0.25, -0.2) is 17.9 Å². The van der Waals surface area contributed by atoms with Crippen LogP contribution in [0.25, 0.3) is 16.7 Å². The lowest BCUT2D eigenvalue weighted by molar-refractivity contribution is 0.100. The topological polar surface area (TPSA) is 121 Å². The lowest BCUT2D eigenvalue weighted by Crippen LogP contribution is -2.40. The van der Waals surface area contributed by atoms with Gasteiger partial charge in [0, 0.05) is 33.5 Å². The van der Waals surface area contributed by atoms with Gasteiger partial charge in [0.05, 0.1) is 32.9 Å². The third kappa shape index (κ3) is 3.68. The third-order valence-corrected chi connectivity index (χ3v) is 8.28. The summed E-state index contributed by atoms with van der Waals surface area (Å²) >= 11 is 0. The molecule has 0 fully saturated rings. The molecule has 0 aliphatic rings. The van der Waals surface area contributed by atoms with E-state index < -0.39 is 21.5 Å². The monoisotopic (exact) mass is 532 g/mol. The molecule has 5 rings (SSSR count). The van der Waals surface area contributed by atoms with Gasteiger partial charge in [0.2, 0.25) is 0 Å². The lowest BCUT2D eigenvalue weighted by Gasteiger charge is -2.21. The van der Waals surface area contributed by atoms with Crippen LogP contribution >= 0.6 is 0 Å². The fourth-order valence-electron chi connectivity index (χ4n) is 4.48. The first-order valence-electron chi connectivity index (χ1n) is 11.5. The second-order valence-corrected chi connectivity index (χ2v) is 10.6. The van der Waals surface area contributed by atoms with Crippen LogP contribution in [-0.4, -0.2) is 37.8 Å². The van der Waals surface area contributed by atoms with Crippen molar-refractivity contribution in [3.8, 4) is 5.69 Å². The molecule has 1 amide bonds. The summed E-state index contributed by atoms with van der Waals surface area (Å²) in [7, 11) is 0.0774. The molecule has 0 N–H and O–H groups in total. The van der Waals surface area contributed by atoms with Gasteiger partial charge >= 0.3 is 5.69 Å². The van der Waals surface area contributed by atoms with Crippen molar-refractivity contribution in [2.45, 2.75) is 11.8 Å². The van der Waals surface area contributed by atoms with Gasteiger partial charge < -0.3 is 0 Å². The normalized spacial score (nSPS) is 11.7. The number of amides is 1. The van der Waals surface area contributed by atoms with E-state index in [1.54, 1.807) is 51.4 Å². The Morgan fingerprint density at radius 3 is 2.24 bits per heavy atom. The molecule has 3 heterocycles. The summed E-state index contributed by atoms with van der Waals surface area (Å²) < 4.78 is 34.4. The van der Waals surface area contributed by atoms with E-state index in [2.05, 4.69) is 4.98 Å². The fraction of sp³-hybridized carbons (Fsp3) is 0.154. The highest BCUT2D eigenvalue weighted by atomic mass is 32.2. The summed E-state index contributed by atoms with van der Waals surface area (Å²) in [4.78, 5) is 43.7. The van der Waals surface area contributed by atoms with E-state index >= 15 is 0 Å². The highest BCUT2D eigenvalue weighted by Crippen LogP contribution is 2.29. The van der Waals surface area contributed by atoms with Crippen molar-refractivity contribution in [3.63, 3.8) is 0 Å². The first-order valence-corrected chi connectivity index (χ1v) is 13.0. The zero-order valence-corrected chi connectivity index (χ0v) is 21.9. The molecule has 0 unspecified atom stereocenters. The van der Waals surface area contributed by atoms with Crippen molar-refractivity contribution >= 4 is 32.7 Å². The maximum Gasteiger partial charge on any atom is 0.328 e. The van der Waals surface area contributed by atoms with Crippen molar-refractivity contribution in [1.29, 1.82) is 0 Å². The molecule has 0 spiro atoms. The summed E-state index contributed by atoms with van der Waals surface area (Å²) in [6, 6.07) is 15.8. The van der Waals surface area contributed by atoms with Crippen LogP contribution in [0.1, 0.15) is 16.1 Å². The zero-order chi connectivity index (χ0) is 27.4. The molecule has 5 aromatic rings. The number of carbonyl (C=O) groups is 1. The quantitative estimate of drug-likeness (QED) is 0.342. The van der Waals surface area contributed by atoms with Gasteiger partial charge in [-0.05, 0) is 49.4 Å². The summed E-state index contributed by atoms with van der Waals surface area (Å²) in [5.74, 6) is -0.939. The van der Waals surface area contributed by atoms with Crippen LogP contribution in [0.5, 0.6) is 0 Å². The number of benzene rings is 2. The Balaban J connectivity index is 1.79. The molecule has 2 aromatic carbocycles. The van der Waals surface area contributed by atoms with Gasteiger partial charge in [0.25, 0.3) is 21.5 Å². The van der Waals surface area contributed by atoms with E-state index in [0.717, 1.165) is 0 Å². The molecule has 0 bridgehead atoms. The summed E-state index contributed by atoms with van der Waals surface area (Å²) in [6.45, 7) is 1.57. The molecule has 0 aliphatic carbocycles. The number of anilines is 1. The van der Waals surface area contributed by atoms with Crippen LogP contribution in [0.15, 0.2) is 87.5 Å². The Hall–Kier alpha value is -4.71. The SMILES string of the molecule is Cc1c(N(C(=O)c2cccnc2)S(=O)(=O)c2ccc3c(c2)n(C)c(=O)n3C)c(=O)n(-c2ccccc2)n1C. The number of fused-ring (bicyclic) bond motifs is 1. The van der Waals surface area contributed by atoms with E-state index in [4.69, 9.17) is 0 Å². The molecule has 3 aromatic heterocycles. The molecule has 38 heavy (non-hydrogen) atoms. The van der Waals surface area contributed by atoms with Crippen LogP contribution in [0, 0.1) is 6.92 Å². The van der Waals surface area contributed by atoms with Gasteiger partial charge in [-0.2, -0.15) is 4.31 Å². The molecular weight excluding hydrogens is 508 g/mol. The van der Waals surface area contributed by atoms with Crippen LogP contribution in [-0.2, 0) is 31.2 Å². The zero-order valence-electron chi connectivity index (χ0n) is 21.1. The van der Waals surface area contributed by atoms with Crippen molar-refractivity contribution in [3.05, 3.63) is 105 Å². The summed E-state index contributed by atoms with van der Waals surface area (Å²) in [6.07, 6.45) is 2.69. The number of aromatic nitrogens is 5. The Morgan fingerprint density at radius 2 is 1.58 bits per heavy atom. The number of rotatable bonds is 5. The molecule has 0 saturated heterocycles. The van der Waals surface area contributed by atoms with E-state index in [9.17, 15) is 22.8 Å². The predicted octanol–water partition coefficient (Wildman–Crippen LogP) is 2.11. The Morgan fingerprint density at radius 1 is 0.895 bits per heavy atom. The van der Waals surface area contributed by atoms with E-state index in [-0.39, 0.29) is 27.5 Å². The highest BCUT2D eigenvalue weighted by molar-refractivity contribution is 7.93. The predicted molar refractivity (Wildman–Crippen MR) is 142 cm³/mol. The standard InChI is InChI=1S/C26H24N6O5S/c1-17-23(25(34)31(30(17)4)19-10-6-5-7-11-19)32(24(33)18-9-8-14-27-16-18)38(36,37)20-12-13-21-22(15-20)29(3)26(35)28(21)2/h5-16H,1-4H3. The molecule has 0 aliphatic heterocycles. The maximum absolute atomic E-state index is 14.2. The molecule has 0 atom stereocenters. The van der Waals surface area contributed by atoms with Crippen LogP contribution in [0.2, 0.25) is 0 Å². The molecule has 12 heteroatoms. The van der Waals surface area contributed by atoms with Gasteiger partial charge in [-0.1, -0.05) is 18.2 Å².